The summed E-state index contributed by atoms with van der Waals surface area (Å²) in [5, 5.41) is 0. The van der Waals surface area contributed by atoms with Crippen LogP contribution in [0, 0.1) is 0 Å². The second-order valence-electron chi connectivity index (χ2n) is 3.48. The van der Waals surface area contributed by atoms with Gasteiger partial charge in [-0.05, 0) is 24.8 Å². The molecule has 0 aromatic heterocycles. The zero-order chi connectivity index (χ0) is 11.1. The second kappa shape index (κ2) is 6.14. The zero-order valence-corrected chi connectivity index (χ0v) is 9.97. The first-order valence-electron chi connectivity index (χ1n) is 5.04. The van der Waals surface area contributed by atoms with Gasteiger partial charge in [-0.2, -0.15) is 0 Å². The largest absolute Gasteiger partial charge is 0.303 e. The second-order valence-corrected chi connectivity index (χ2v) is 4.97. The van der Waals surface area contributed by atoms with Crippen molar-refractivity contribution < 1.29 is 4.79 Å². The minimum Gasteiger partial charge on any atom is -0.303 e. The van der Waals surface area contributed by atoms with Crippen molar-refractivity contribution in [2.45, 2.75) is 30.0 Å². The standard InChI is InChI=1S/C12H14Cl2O/c13-12(14,9-5-2-6-10-15)11-7-3-1-4-8-11/h1,3-4,7-8,10H,2,5-6,9H2. The predicted molar refractivity (Wildman–Crippen MR) is 64.4 cm³/mol. The summed E-state index contributed by atoms with van der Waals surface area (Å²) in [5.74, 6) is 0. The van der Waals surface area contributed by atoms with E-state index in [4.69, 9.17) is 23.2 Å². The molecule has 0 unspecified atom stereocenters. The molecule has 0 radical (unpaired) electrons. The predicted octanol–water partition coefficient (Wildman–Crippen LogP) is 4.08. The third kappa shape index (κ3) is 4.23. The summed E-state index contributed by atoms with van der Waals surface area (Å²) in [6, 6.07) is 9.60. The number of hydrogen-bond donors (Lipinski definition) is 0. The van der Waals surface area contributed by atoms with Crippen LogP contribution in [-0.4, -0.2) is 6.29 Å². The Morgan fingerprint density at radius 2 is 1.80 bits per heavy atom. The van der Waals surface area contributed by atoms with E-state index in [0.29, 0.717) is 12.8 Å². The summed E-state index contributed by atoms with van der Waals surface area (Å²) in [7, 11) is 0. The van der Waals surface area contributed by atoms with Gasteiger partial charge in [0.05, 0.1) is 0 Å². The molecule has 82 valence electrons. The molecule has 0 heterocycles. The molecule has 0 aliphatic heterocycles. The molecule has 1 rings (SSSR count). The van der Waals surface area contributed by atoms with Crippen molar-refractivity contribution in [2.24, 2.45) is 0 Å². The van der Waals surface area contributed by atoms with Crippen LogP contribution in [0.3, 0.4) is 0 Å². The van der Waals surface area contributed by atoms with E-state index in [1.165, 1.54) is 0 Å². The highest BCUT2D eigenvalue weighted by Gasteiger charge is 2.25. The Morgan fingerprint density at radius 3 is 2.40 bits per heavy atom. The molecule has 0 saturated carbocycles. The molecule has 0 amide bonds. The lowest BCUT2D eigenvalue weighted by Crippen LogP contribution is -2.09. The van der Waals surface area contributed by atoms with Gasteiger partial charge in [0.2, 0.25) is 0 Å². The van der Waals surface area contributed by atoms with Gasteiger partial charge in [-0.1, -0.05) is 53.5 Å². The van der Waals surface area contributed by atoms with E-state index in [2.05, 4.69) is 0 Å². The van der Waals surface area contributed by atoms with E-state index < -0.39 is 4.33 Å². The first kappa shape index (κ1) is 12.5. The van der Waals surface area contributed by atoms with Crippen LogP contribution in [0.4, 0.5) is 0 Å². The molecule has 1 aromatic rings. The van der Waals surface area contributed by atoms with Crippen molar-refractivity contribution in [3.8, 4) is 0 Å². The summed E-state index contributed by atoms with van der Waals surface area (Å²) in [5.41, 5.74) is 0.916. The molecule has 0 fully saturated rings. The van der Waals surface area contributed by atoms with Crippen LogP contribution >= 0.6 is 23.2 Å². The average Bonchev–Trinajstić information content (AvgIpc) is 2.26. The summed E-state index contributed by atoms with van der Waals surface area (Å²) in [6.45, 7) is 0. The van der Waals surface area contributed by atoms with Crippen LogP contribution < -0.4 is 0 Å². The van der Waals surface area contributed by atoms with Gasteiger partial charge in [0.15, 0.2) is 0 Å². The number of alkyl halides is 2. The summed E-state index contributed by atoms with van der Waals surface area (Å²) < 4.78 is -0.829. The third-order valence-corrected chi connectivity index (χ3v) is 3.07. The van der Waals surface area contributed by atoms with Crippen molar-refractivity contribution in [1.82, 2.24) is 0 Å². The van der Waals surface area contributed by atoms with E-state index in [-0.39, 0.29) is 0 Å². The Kier molecular flexibility index (Phi) is 5.13. The Bertz CT molecular complexity index is 296. The number of unbranched alkanes of at least 4 members (excludes halogenated alkanes) is 2. The van der Waals surface area contributed by atoms with Gasteiger partial charge in [0.1, 0.15) is 10.6 Å². The SMILES string of the molecule is O=CCCCCC(Cl)(Cl)c1ccccc1. The maximum atomic E-state index is 10.1. The zero-order valence-electron chi connectivity index (χ0n) is 8.46. The molecule has 3 heteroatoms. The Labute approximate surface area is 100 Å². The highest BCUT2D eigenvalue weighted by atomic mass is 35.5. The van der Waals surface area contributed by atoms with Gasteiger partial charge in [0.25, 0.3) is 0 Å². The molecular formula is C12H14Cl2O. The van der Waals surface area contributed by atoms with Crippen LogP contribution in [0.2, 0.25) is 0 Å². The molecule has 0 saturated heterocycles. The summed E-state index contributed by atoms with van der Waals surface area (Å²) >= 11 is 12.4. The van der Waals surface area contributed by atoms with Crippen LogP contribution in [0.5, 0.6) is 0 Å². The number of benzene rings is 1. The first-order valence-corrected chi connectivity index (χ1v) is 5.79. The fourth-order valence-electron chi connectivity index (χ4n) is 1.40. The number of carbonyl (C=O) groups excluding carboxylic acids is 1. The lowest BCUT2D eigenvalue weighted by Gasteiger charge is -2.19. The Hall–Kier alpha value is -0.530. The molecule has 0 bridgehead atoms. The third-order valence-electron chi connectivity index (χ3n) is 2.26. The number of hydrogen-bond acceptors (Lipinski definition) is 1. The topological polar surface area (TPSA) is 17.1 Å². The Balaban J connectivity index is 2.48. The van der Waals surface area contributed by atoms with Gasteiger partial charge in [-0.3, -0.25) is 0 Å². The Morgan fingerprint density at radius 1 is 1.13 bits per heavy atom. The molecule has 0 N–H and O–H groups in total. The maximum Gasteiger partial charge on any atom is 0.143 e. The van der Waals surface area contributed by atoms with Crippen molar-refractivity contribution >= 4 is 29.5 Å². The van der Waals surface area contributed by atoms with Gasteiger partial charge in [-0.15, -0.1) is 0 Å². The molecular weight excluding hydrogens is 231 g/mol. The fourth-order valence-corrected chi connectivity index (χ4v) is 1.92. The van der Waals surface area contributed by atoms with Crippen LogP contribution in [0.25, 0.3) is 0 Å². The van der Waals surface area contributed by atoms with Gasteiger partial charge in [-0.25, -0.2) is 0 Å². The van der Waals surface area contributed by atoms with Crippen molar-refractivity contribution in [3.63, 3.8) is 0 Å². The highest BCUT2D eigenvalue weighted by molar-refractivity contribution is 6.48. The number of rotatable bonds is 6. The van der Waals surface area contributed by atoms with E-state index in [1.807, 2.05) is 30.3 Å². The van der Waals surface area contributed by atoms with Crippen LogP contribution in [0.1, 0.15) is 31.2 Å². The van der Waals surface area contributed by atoms with E-state index in [0.717, 1.165) is 24.7 Å². The normalized spacial score (nSPS) is 11.3. The quantitative estimate of drug-likeness (QED) is 0.419. The van der Waals surface area contributed by atoms with Crippen LogP contribution in [0.15, 0.2) is 30.3 Å². The number of aldehydes is 1. The van der Waals surface area contributed by atoms with Crippen molar-refractivity contribution in [1.29, 1.82) is 0 Å². The van der Waals surface area contributed by atoms with E-state index in [1.54, 1.807) is 0 Å². The highest BCUT2D eigenvalue weighted by Crippen LogP contribution is 2.38. The van der Waals surface area contributed by atoms with Crippen molar-refractivity contribution in [2.75, 3.05) is 0 Å². The minimum absolute atomic E-state index is 0.582. The molecule has 1 aromatic carbocycles. The monoisotopic (exact) mass is 244 g/mol. The van der Waals surface area contributed by atoms with Gasteiger partial charge in [0, 0.05) is 6.42 Å². The molecule has 0 aliphatic rings. The lowest BCUT2D eigenvalue weighted by molar-refractivity contribution is -0.107. The van der Waals surface area contributed by atoms with Gasteiger partial charge >= 0.3 is 0 Å². The van der Waals surface area contributed by atoms with Gasteiger partial charge < -0.3 is 4.79 Å². The molecule has 1 nitrogen and oxygen atoms in total. The smallest absolute Gasteiger partial charge is 0.143 e. The summed E-state index contributed by atoms with van der Waals surface area (Å²) in [6.07, 6.45) is 3.89. The molecule has 0 aliphatic carbocycles. The van der Waals surface area contributed by atoms with Crippen molar-refractivity contribution in [3.05, 3.63) is 35.9 Å². The molecule has 0 spiro atoms. The fraction of sp³-hybridized carbons (Fsp3) is 0.417. The molecule has 15 heavy (non-hydrogen) atoms. The average molecular weight is 245 g/mol. The first-order chi connectivity index (χ1) is 7.17. The maximum absolute atomic E-state index is 10.1. The molecule has 0 atom stereocenters. The van der Waals surface area contributed by atoms with E-state index >= 15 is 0 Å². The number of carbonyl (C=O) groups is 1. The summed E-state index contributed by atoms with van der Waals surface area (Å²) in [4.78, 5) is 10.1. The minimum atomic E-state index is -0.829. The lowest BCUT2D eigenvalue weighted by atomic mass is 10.1. The van der Waals surface area contributed by atoms with E-state index in [9.17, 15) is 4.79 Å². The number of halogens is 2. The van der Waals surface area contributed by atoms with Crippen LogP contribution in [-0.2, 0) is 9.13 Å².